The number of hydrogen-bond donors (Lipinski definition) is 2. The van der Waals surface area contributed by atoms with Crippen molar-refractivity contribution in [3.63, 3.8) is 0 Å². The Bertz CT molecular complexity index is 378. The summed E-state index contributed by atoms with van der Waals surface area (Å²) in [5, 5.41) is 3.43. The monoisotopic (exact) mass is 210 g/mol. The Hall–Kier alpha value is -1.06. The molecule has 0 aromatic heterocycles. The number of halogens is 1. The van der Waals surface area contributed by atoms with Crippen molar-refractivity contribution in [1.29, 1.82) is 0 Å². The van der Waals surface area contributed by atoms with E-state index in [2.05, 4.69) is 5.32 Å². The fourth-order valence-electron chi connectivity index (χ4n) is 1.79. The van der Waals surface area contributed by atoms with Gasteiger partial charge in [0, 0.05) is 16.3 Å². The van der Waals surface area contributed by atoms with Gasteiger partial charge in [-0.3, -0.25) is 4.79 Å². The second kappa shape index (κ2) is 3.59. The Morgan fingerprint density at radius 2 is 2.29 bits per heavy atom. The number of nitrogens with two attached hydrogens (primary N) is 1. The molecule has 3 N–H and O–H groups in total. The average Bonchev–Trinajstić information content (AvgIpc) is 2.45. The van der Waals surface area contributed by atoms with Gasteiger partial charge < -0.3 is 11.1 Å². The van der Waals surface area contributed by atoms with Crippen LogP contribution < -0.4 is 11.1 Å². The third kappa shape index (κ3) is 1.38. The number of carbonyl (C=O) groups excluding carboxylic acids is 1. The fraction of sp³-hybridized carbons (Fsp3) is 0.300. The Morgan fingerprint density at radius 1 is 1.50 bits per heavy atom. The van der Waals surface area contributed by atoms with Gasteiger partial charge in [-0.25, -0.2) is 0 Å². The first kappa shape index (κ1) is 9.49. The van der Waals surface area contributed by atoms with Gasteiger partial charge in [0.1, 0.15) is 0 Å². The summed E-state index contributed by atoms with van der Waals surface area (Å²) in [4.78, 5) is 11.5. The lowest BCUT2D eigenvalue weighted by atomic mass is 9.97. The van der Waals surface area contributed by atoms with Crippen molar-refractivity contribution in [3.8, 4) is 0 Å². The third-order valence-electron chi connectivity index (χ3n) is 2.43. The molecule has 0 saturated heterocycles. The van der Waals surface area contributed by atoms with E-state index >= 15 is 0 Å². The van der Waals surface area contributed by atoms with E-state index < -0.39 is 0 Å². The van der Waals surface area contributed by atoms with Gasteiger partial charge in [0.25, 0.3) is 0 Å². The van der Waals surface area contributed by atoms with Crippen molar-refractivity contribution in [3.05, 3.63) is 28.8 Å². The van der Waals surface area contributed by atoms with Crippen molar-refractivity contribution < 1.29 is 4.79 Å². The quantitative estimate of drug-likeness (QED) is 0.781. The molecule has 1 aliphatic rings. The zero-order chi connectivity index (χ0) is 10.1. The first-order valence-corrected chi connectivity index (χ1v) is 4.91. The minimum atomic E-state index is -0.177. The molecule has 1 aliphatic heterocycles. The Morgan fingerprint density at radius 3 is 3.00 bits per heavy atom. The highest BCUT2D eigenvalue weighted by atomic mass is 35.5. The van der Waals surface area contributed by atoms with Crippen molar-refractivity contribution in [1.82, 2.24) is 0 Å². The normalized spacial score (nSPS) is 19.3. The first-order chi connectivity index (χ1) is 6.74. The van der Waals surface area contributed by atoms with Crippen LogP contribution in [0.3, 0.4) is 0 Å². The van der Waals surface area contributed by atoms with Crippen LogP contribution in [0.2, 0.25) is 5.02 Å². The lowest BCUT2D eigenvalue weighted by Gasteiger charge is -2.07. The highest BCUT2D eigenvalue weighted by Gasteiger charge is 2.31. The van der Waals surface area contributed by atoms with E-state index in [1.807, 2.05) is 12.1 Å². The molecule has 74 valence electrons. The first-order valence-electron chi connectivity index (χ1n) is 4.53. The Kier molecular flexibility index (Phi) is 2.44. The second-order valence-electron chi connectivity index (χ2n) is 3.32. The standard InChI is InChI=1S/C10H11ClN2O/c11-7-2-1-3-8-9(7)6(4-5-12)10(14)13-8/h1-3,6H,4-5,12H2,(H,13,14). The van der Waals surface area contributed by atoms with Crippen LogP contribution in [0.15, 0.2) is 18.2 Å². The van der Waals surface area contributed by atoms with Crippen molar-refractivity contribution in [2.45, 2.75) is 12.3 Å². The number of fused-ring (bicyclic) bond motifs is 1. The van der Waals surface area contributed by atoms with E-state index in [0.29, 0.717) is 18.0 Å². The highest BCUT2D eigenvalue weighted by molar-refractivity contribution is 6.32. The molecular weight excluding hydrogens is 200 g/mol. The topological polar surface area (TPSA) is 55.1 Å². The molecule has 0 radical (unpaired) electrons. The van der Waals surface area contributed by atoms with Gasteiger partial charge >= 0.3 is 0 Å². The number of anilines is 1. The number of hydrogen-bond acceptors (Lipinski definition) is 2. The predicted octanol–water partition coefficient (Wildman–Crippen LogP) is 1.72. The van der Waals surface area contributed by atoms with E-state index in [0.717, 1.165) is 11.3 Å². The molecular formula is C10H11ClN2O. The fourth-order valence-corrected chi connectivity index (χ4v) is 2.10. The van der Waals surface area contributed by atoms with Crippen molar-refractivity contribution in [2.75, 3.05) is 11.9 Å². The maximum absolute atomic E-state index is 11.5. The molecule has 0 bridgehead atoms. The number of benzene rings is 1. The van der Waals surface area contributed by atoms with Gasteiger partial charge in [-0.1, -0.05) is 17.7 Å². The van der Waals surface area contributed by atoms with Gasteiger partial charge in [-0.2, -0.15) is 0 Å². The molecule has 1 atom stereocenters. The zero-order valence-electron chi connectivity index (χ0n) is 7.59. The van der Waals surface area contributed by atoms with E-state index in [4.69, 9.17) is 17.3 Å². The van der Waals surface area contributed by atoms with Crippen LogP contribution in [0.1, 0.15) is 17.9 Å². The Labute approximate surface area is 87.2 Å². The van der Waals surface area contributed by atoms with Gasteiger partial charge in [0.2, 0.25) is 5.91 Å². The number of amides is 1. The maximum Gasteiger partial charge on any atom is 0.232 e. The summed E-state index contributed by atoms with van der Waals surface area (Å²) in [6.07, 6.45) is 0.641. The predicted molar refractivity (Wildman–Crippen MR) is 56.5 cm³/mol. The van der Waals surface area contributed by atoms with Crippen LogP contribution in [0, 0.1) is 0 Å². The molecule has 2 rings (SSSR count). The summed E-state index contributed by atoms with van der Waals surface area (Å²) < 4.78 is 0. The number of nitrogens with one attached hydrogen (secondary N) is 1. The summed E-state index contributed by atoms with van der Waals surface area (Å²) >= 11 is 6.03. The minimum absolute atomic E-state index is 0.00134. The summed E-state index contributed by atoms with van der Waals surface area (Å²) in [6.45, 7) is 0.489. The lowest BCUT2D eigenvalue weighted by Crippen LogP contribution is -2.15. The summed E-state index contributed by atoms with van der Waals surface area (Å²) in [7, 11) is 0. The summed E-state index contributed by atoms with van der Waals surface area (Å²) in [6, 6.07) is 5.48. The van der Waals surface area contributed by atoms with Gasteiger partial charge in [-0.05, 0) is 25.1 Å². The van der Waals surface area contributed by atoms with Gasteiger partial charge in [0.15, 0.2) is 0 Å². The molecule has 1 aromatic rings. The van der Waals surface area contributed by atoms with E-state index in [1.165, 1.54) is 0 Å². The largest absolute Gasteiger partial charge is 0.330 e. The SMILES string of the molecule is NCCC1C(=O)Nc2cccc(Cl)c21. The third-order valence-corrected chi connectivity index (χ3v) is 2.76. The molecule has 1 unspecified atom stereocenters. The van der Waals surface area contributed by atoms with Crippen LogP contribution in [0.25, 0.3) is 0 Å². The molecule has 1 heterocycles. The maximum atomic E-state index is 11.5. The van der Waals surface area contributed by atoms with Gasteiger partial charge in [0.05, 0.1) is 5.92 Å². The smallest absolute Gasteiger partial charge is 0.232 e. The molecule has 0 fully saturated rings. The molecule has 0 saturated carbocycles. The average molecular weight is 211 g/mol. The van der Waals surface area contributed by atoms with E-state index in [9.17, 15) is 4.79 Å². The molecule has 1 aromatic carbocycles. The molecule has 3 nitrogen and oxygen atoms in total. The van der Waals surface area contributed by atoms with Crippen molar-refractivity contribution >= 4 is 23.2 Å². The van der Waals surface area contributed by atoms with Crippen LogP contribution in [0.4, 0.5) is 5.69 Å². The van der Waals surface area contributed by atoms with E-state index in [1.54, 1.807) is 6.07 Å². The summed E-state index contributed by atoms with van der Waals surface area (Å²) in [5.74, 6) is -0.178. The van der Waals surface area contributed by atoms with Gasteiger partial charge in [-0.15, -0.1) is 0 Å². The minimum Gasteiger partial charge on any atom is -0.330 e. The van der Waals surface area contributed by atoms with Crippen LogP contribution in [0.5, 0.6) is 0 Å². The molecule has 1 amide bonds. The Balaban J connectivity index is 2.44. The van der Waals surface area contributed by atoms with E-state index in [-0.39, 0.29) is 11.8 Å². The summed E-state index contributed by atoms with van der Waals surface area (Å²) in [5.41, 5.74) is 7.17. The highest BCUT2D eigenvalue weighted by Crippen LogP contribution is 2.38. The molecule has 0 spiro atoms. The zero-order valence-corrected chi connectivity index (χ0v) is 8.34. The number of carbonyl (C=O) groups is 1. The molecule has 14 heavy (non-hydrogen) atoms. The van der Waals surface area contributed by atoms with Crippen LogP contribution >= 0.6 is 11.6 Å². The van der Waals surface area contributed by atoms with Crippen LogP contribution in [-0.2, 0) is 4.79 Å². The van der Waals surface area contributed by atoms with Crippen LogP contribution in [-0.4, -0.2) is 12.5 Å². The molecule has 4 heteroatoms. The van der Waals surface area contributed by atoms with Crippen molar-refractivity contribution in [2.24, 2.45) is 5.73 Å². The second-order valence-corrected chi connectivity index (χ2v) is 3.73. The number of rotatable bonds is 2. The molecule has 0 aliphatic carbocycles. The lowest BCUT2D eigenvalue weighted by molar-refractivity contribution is -0.117.